The highest BCUT2D eigenvalue weighted by atomic mass is 32.2. The van der Waals surface area contributed by atoms with E-state index in [-0.39, 0.29) is 10.5 Å². The monoisotopic (exact) mass is 271 g/mol. The highest BCUT2D eigenvalue weighted by molar-refractivity contribution is 7.89. The number of carbonyl (C=O) groups excluding carboxylic acids is 1. The number of rotatable bonds is 5. The van der Waals surface area contributed by atoms with Crippen molar-refractivity contribution in [2.75, 3.05) is 6.61 Å². The third-order valence-electron chi connectivity index (χ3n) is 2.35. The number of aryl methyl sites for hydroxylation is 1. The van der Waals surface area contributed by atoms with Crippen LogP contribution in [0.15, 0.2) is 23.1 Å². The highest BCUT2D eigenvalue weighted by Crippen LogP contribution is 2.14. The predicted molar refractivity (Wildman–Crippen MR) is 67.7 cm³/mol. The smallest absolute Gasteiger partial charge is 0.338 e. The summed E-state index contributed by atoms with van der Waals surface area (Å²) in [6, 6.07) is 4.22. The lowest BCUT2D eigenvalue weighted by molar-refractivity contribution is 0.0499. The van der Waals surface area contributed by atoms with Crippen molar-refractivity contribution >= 4 is 16.0 Å². The molecule has 5 nitrogen and oxygen atoms in total. The molecule has 0 aliphatic heterocycles. The minimum Gasteiger partial charge on any atom is -0.462 e. The van der Waals surface area contributed by atoms with Gasteiger partial charge in [-0.05, 0) is 37.1 Å². The summed E-state index contributed by atoms with van der Waals surface area (Å²) in [5.74, 6) is -0.531. The number of sulfonamides is 1. The third-order valence-corrected chi connectivity index (χ3v) is 3.24. The summed E-state index contributed by atoms with van der Waals surface area (Å²) in [7, 11) is -3.81. The predicted octanol–water partition coefficient (Wildman–Crippen LogP) is 1.60. The number of esters is 1. The second-order valence-electron chi connectivity index (χ2n) is 4.07. The van der Waals surface area contributed by atoms with Gasteiger partial charge in [0.05, 0.1) is 17.1 Å². The Morgan fingerprint density at radius 1 is 1.33 bits per heavy atom. The van der Waals surface area contributed by atoms with Crippen LogP contribution in [0.25, 0.3) is 0 Å². The number of unbranched alkanes of at least 4 members (excludes halogenated alkanes) is 1. The average Bonchev–Trinajstić information content (AvgIpc) is 2.27. The fourth-order valence-electron chi connectivity index (χ4n) is 1.42. The lowest BCUT2D eigenvalue weighted by Crippen LogP contribution is -2.14. The van der Waals surface area contributed by atoms with E-state index in [1.807, 2.05) is 6.92 Å². The van der Waals surface area contributed by atoms with Gasteiger partial charge < -0.3 is 4.74 Å². The lowest BCUT2D eigenvalue weighted by Gasteiger charge is -2.06. The van der Waals surface area contributed by atoms with Crippen molar-refractivity contribution in [1.82, 2.24) is 0 Å². The Morgan fingerprint density at radius 2 is 2.00 bits per heavy atom. The molecule has 0 aliphatic rings. The van der Waals surface area contributed by atoms with Crippen molar-refractivity contribution in [2.24, 2.45) is 5.14 Å². The van der Waals surface area contributed by atoms with E-state index in [2.05, 4.69) is 0 Å². The molecule has 6 heteroatoms. The highest BCUT2D eigenvalue weighted by Gasteiger charge is 2.14. The molecule has 18 heavy (non-hydrogen) atoms. The second kappa shape index (κ2) is 5.97. The Morgan fingerprint density at radius 3 is 2.56 bits per heavy atom. The van der Waals surface area contributed by atoms with E-state index in [1.165, 1.54) is 12.1 Å². The van der Waals surface area contributed by atoms with Crippen LogP contribution in [0.1, 0.15) is 35.7 Å². The van der Waals surface area contributed by atoms with Crippen molar-refractivity contribution in [3.8, 4) is 0 Å². The maximum Gasteiger partial charge on any atom is 0.338 e. The molecule has 0 unspecified atom stereocenters. The molecule has 0 heterocycles. The van der Waals surface area contributed by atoms with Gasteiger partial charge in [-0.2, -0.15) is 0 Å². The van der Waals surface area contributed by atoms with Crippen LogP contribution in [0.3, 0.4) is 0 Å². The molecule has 0 amide bonds. The molecule has 1 aromatic carbocycles. The number of carbonyl (C=O) groups is 1. The molecule has 0 spiro atoms. The Balaban J connectivity index is 2.96. The van der Waals surface area contributed by atoms with E-state index in [0.717, 1.165) is 12.8 Å². The molecular weight excluding hydrogens is 254 g/mol. The largest absolute Gasteiger partial charge is 0.462 e. The van der Waals surface area contributed by atoms with Crippen LogP contribution in [0.5, 0.6) is 0 Å². The lowest BCUT2D eigenvalue weighted by atomic mass is 10.1. The van der Waals surface area contributed by atoms with E-state index in [4.69, 9.17) is 9.88 Å². The first kappa shape index (κ1) is 14.7. The van der Waals surface area contributed by atoms with E-state index >= 15 is 0 Å². The van der Waals surface area contributed by atoms with Crippen LogP contribution in [0, 0.1) is 6.92 Å². The first-order valence-electron chi connectivity index (χ1n) is 5.66. The minimum atomic E-state index is -3.81. The molecule has 0 saturated carbocycles. The Hall–Kier alpha value is -1.40. The number of primary sulfonamides is 1. The standard InChI is InChI=1S/C12H17NO4S/c1-3-4-5-17-12(14)10-6-9(2)7-11(8-10)18(13,15)16/h6-8H,3-5H2,1-2H3,(H2,13,15,16). The molecule has 0 radical (unpaired) electrons. The SMILES string of the molecule is CCCCOC(=O)c1cc(C)cc(S(N)(=O)=O)c1. The number of hydrogen-bond acceptors (Lipinski definition) is 4. The maximum absolute atomic E-state index is 11.7. The van der Waals surface area contributed by atoms with Gasteiger partial charge in [-0.25, -0.2) is 18.4 Å². The van der Waals surface area contributed by atoms with Gasteiger partial charge in [-0.15, -0.1) is 0 Å². The van der Waals surface area contributed by atoms with Crippen LogP contribution >= 0.6 is 0 Å². The van der Waals surface area contributed by atoms with Crippen LogP contribution in [0.4, 0.5) is 0 Å². The zero-order valence-corrected chi connectivity index (χ0v) is 11.3. The second-order valence-corrected chi connectivity index (χ2v) is 5.63. The molecule has 0 bridgehead atoms. The van der Waals surface area contributed by atoms with Gasteiger partial charge in [0, 0.05) is 0 Å². The molecule has 100 valence electrons. The number of nitrogens with two attached hydrogens (primary N) is 1. The van der Waals surface area contributed by atoms with Crippen LogP contribution in [0.2, 0.25) is 0 Å². The Kier molecular flexibility index (Phi) is 4.86. The zero-order valence-electron chi connectivity index (χ0n) is 10.5. The van der Waals surface area contributed by atoms with Gasteiger partial charge in [0.1, 0.15) is 0 Å². The van der Waals surface area contributed by atoms with Gasteiger partial charge >= 0.3 is 5.97 Å². The minimum absolute atomic E-state index is 0.0788. The van der Waals surface area contributed by atoms with E-state index in [9.17, 15) is 13.2 Å². The van der Waals surface area contributed by atoms with Crippen LogP contribution in [-0.4, -0.2) is 21.0 Å². The van der Waals surface area contributed by atoms with Crippen LogP contribution < -0.4 is 5.14 Å². The van der Waals surface area contributed by atoms with Crippen molar-refractivity contribution in [1.29, 1.82) is 0 Å². The van der Waals surface area contributed by atoms with E-state index in [0.29, 0.717) is 12.2 Å². The van der Waals surface area contributed by atoms with Gasteiger partial charge in [0.25, 0.3) is 0 Å². The Bertz CT molecular complexity index is 537. The summed E-state index contributed by atoms with van der Waals surface area (Å²) in [5.41, 5.74) is 0.846. The summed E-state index contributed by atoms with van der Waals surface area (Å²) in [6.07, 6.45) is 1.70. The molecular formula is C12H17NO4S. The van der Waals surface area contributed by atoms with E-state index in [1.54, 1.807) is 13.0 Å². The van der Waals surface area contributed by atoms with Gasteiger partial charge in [-0.1, -0.05) is 13.3 Å². The quantitative estimate of drug-likeness (QED) is 0.651. The summed E-state index contributed by atoms with van der Waals surface area (Å²) < 4.78 is 27.5. The summed E-state index contributed by atoms with van der Waals surface area (Å²) in [5, 5.41) is 5.04. The fraction of sp³-hybridized carbons (Fsp3) is 0.417. The topological polar surface area (TPSA) is 86.5 Å². The molecule has 0 atom stereocenters. The number of hydrogen-bond donors (Lipinski definition) is 1. The molecule has 0 aliphatic carbocycles. The zero-order chi connectivity index (χ0) is 13.8. The third kappa shape index (κ3) is 4.12. The number of benzene rings is 1. The van der Waals surface area contributed by atoms with Crippen molar-refractivity contribution in [3.05, 3.63) is 29.3 Å². The summed E-state index contributed by atoms with van der Waals surface area (Å²) >= 11 is 0. The Labute approximate surface area is 107 Å². The van der Waals surface area contributed by atoms with Gasteiger partial charge in [0.2, 0.25) is 10.0 Å². The normalized spacial score (nSPS) is 11.3. The van der Waals surface area contributed by atoms with Gasteiger partial charge in [0.15, 0.2) is 0 Å². The van der Waals surface area contributed by atoms with E-state index < -0.39 is 16.0 Å². The molecule has 0 fully saturated rings. The first-order chi connectivity index (χ1) is 8.34. The maximum atomic E-state index is 11.7. The fourth-order valence-corrected chi connectivity index (χ4v) is 2.06. The van der Waals surface area contributed by atoms with Crippen molar-refractivity contribution in [3.63, 3.8) is 0 Å². The molecule has 0 aromatic heterocycles. The van der Waals surface area contributed by atoms with Crippen LogP contribution in [-0.2, 0) is 14.8 Å². The molecule has 0 saturated heterocycles. The first-order valence-corrected chi connectivity index (χ1v) is 7.21. The van der Waals surface area contributed by atoms with Crippen molar-refractivity contribution < 1.29 is 17.9 Å². The molecule has 1 aromatic rings. The summed E-state index contributed by atoms with van der Waals surface area (Å²) in [6.45, 7) is 4.01. The number of ether oxygens (including phenoxy) is 1. The van der Waals surface area contributed by atoms with Gasteiger partial charge in [-0.3, -0.25) is 0 Å². The summed E-state index contributed by atoms with van der Waals surface area (Å²) in [4.78, 5) is 11.6. The van der Waals surface area contributed by atoms with Crippen molar-refractivity contribution in [2.45, 2.75) is 31.6 Å². The molecule has 1 rings (SSSR count). The average molecular weight is 271 g/mol. The molecule has 2 N–H and O–H groups in total.